The second-order valence-electron chi connectivity index (χ2n) is 6.29. The van der Waals surface area contributed by atoms with Crippen molar-refractivity contribution in [1.29, 1.82) is 0 Å². The van der Waals surface area contributed by atoms with E-state index in [0.29, 0.717) is 17.9 Å². The number of fused-ring (bicyclic) bond motifs is 1. The highest BCUT2D eigenvalue weighted by molar-refractivity contribution is 5.59. The summed E-state index contributed by atoms with van der Waals surface area (Å²) < 4.78 is 7.14. The highest BCUT2D eigenvalue weighted by Gasteiger charge is 2.26. The lowest BCUT2D eigenvalue weighted by Crippen LogP contribution is -2.18. The fourth-order valence-corrected chi connectivity index (χ4v) is 3.07. The monoisotopic (exact) mass is 334 g/mol. The fraction of sp³-hybridized carbons (Fsp3) is 0.688. The maximum Gasteiger partial charge on any atom is 0.336 e. The Morgan fingerprint density at radius 2 is 2.33 bits per heavy atom. The normalized spacial score (nSPS) is 20.0. The average molecular weight is 334 g/mol. The number of aliphatic hydroxyl groups is 1. The lowest BCUT2D eigenvalue weighted by Gasteiger charge is -2.20. The standard InChI is InChI=1S/C16H26N6O2/c1-2-3-9-24-16-20-14(17)15-19-10-12(22(15)21-16)13(23)11-5-4-7-18-8-6-11/h10-11,13,18,23H,2-9H2,1H3,(H2,17,20,21). The molecule has 0 amide bonds. The zero-order chi connectivity index (χ0) is 16.9. The first kappa shape index (κ1) is 16.9. The van der Waals surface area contributed by atoms with Gasteiger partial charge in [-0.05, 0) is 44.7 Å². The number of hydrogen-bond acceptors (Lipinski definition) is 7. The van der Waals surface area contributed by atoms with Crippen molar-refractivity contribution in [2.75, 3.05) is 25.4 Å². The lowest BCUT2D eigenvalue weighted by atomic mass is 9.92. The predicted octanol–water partition coefficient (Wildman–Crippen LogP) is 1.31. The van der Waals surface area contributed by atoms with Gasteiger partial charge >= 0.3 is 6.01 Å². The number of nitrogen functional groups attached to an aromatic ring is 1. The molecule has 0 radical (unpaired) electrons. The van der Waals surface area contributed by atoms with Gasteiger partial charge in [-0.25, -0.2) is 9.50 Å². The second-order valence-corrected chi connectivity index (χ2v) is 6.29. The van der Waals surface area contributed by atoms with Gasteiger partial charge in [0, 0.05) is 0 Å². The summed E-state index contributed by atoms with van der Waals surface area (Å²) in [6.07, 6.45) is 5.92. The third-order valence-electron chi connectivity index (χ3n) is 4.49. The van der Waals surface area contributed by atoms with Crippen molar-refractivity contribution < 1.29 is 9.84 Å². The Morgan fingerprint density at radius 3 is 3.17 bits per heavy atom. The minimum Gasteiger partial charge on any atom is -0.462 e. The van der Waals surface area contributed by atoms with E-state index in [1.54, 1.807) is 10.7 Å². The van der Waals surface area contributed by atoms with Crippen molar-refractivity contribution in [3.8, 4) is 6.01 Å². The van der Waals surface area contributed by atoms with Crippen molar-refractivity contribution in [2.45, 2.75) is 45.1 Å². The molecule has 24 heavy (non-hydrogen) atoms. The number of aromatic nitrogens is 4. The predicted molar refractivity (Wildman–Crippen MR) is 90.8 cm³/mol. The van der Waals surface area contributed by atoms with Crippen LogP contribution >= 0.6 is 0 Å². The van der Waals surface area contributed by atoms with E-state index >= 15 is 0 Å². The maximum atomic E-state index is 10.8. The molecule has 0 spiro atoms. The molecule has 3 heterocycles. The van der Waals surface area contributed by atoms with E-state index in [0.717, 1.165) is 45.2 Å². The zero-order valence-corrected chi connectivity index (χ0v) is 14.1. The molecule has 2 aromatic rings. The lowest BCUT2D eigenvalue weighted by molar-refractivity contribution is 0.0946. The Kier molecular flexibility index (Phi) is 5.47. The Labute approximate surface area is 141 Å². The molecule has 8 heteroatoms. The van der Waals surface area contributed by atoms with Crippen LogP contribution in [-0.4, -0.2) is 44.4 Å². The molecule has 4 N–H and O–H groups in total. The van der Waals surface area contributed by atoms with Gasteiger partial charge in [0.05, 0.1) is 18.5 Å². The Bertz CT molecular complexity index is 666. The topological polar surface area (TPSA) is 111 Å². The summed E-state index contributed by atoms with van der Waals surface area (Å²) >= 11 is 0. The van der Waals surface area contributed by atoms with Gasteiger partial charge in [-0.15, -0.1) is 5.10 Å². The molecule has 0 aliphatic carbocycles. The minimum absolute atomic E-state index is 0.181. The number of rotatable bonds is 6. The molecule has 1 aliphatic rings. The summed E-state index contributed by atoms with van der Waals surface area (Å²) in [5.74, 6) is 0.443. The molecule has 0 saturated carbocycles. The quantitative estimate of drug-likeness (QED) is 0.683. The number of aliphatic hydroxyl groups excluding tert-OH is 1. The highest BCUT2D eigenvalue weighted by atomic mass is 16.5. The van der Waals surface area contributed by atoms with Gasteiger partial charge in [0.2, 0.25) is 0 Å². The van der Waals surface area contributed by atoms with Crippen LogP contribution in [0.1, 0.15) is 50.8 Å². The molecule has 2 atom stereocenters. The molecule has 0 bridgehead atoms. The first-order valence-corrected chi connectivity index (χ1v) is 8.73. The number of nitrogens with zero attached hydrogens (tertiary/aromatic N) is 4. The molecule has 132 valence electrons. The van der Waals surface area contributed by atoms with Crippen LogP contribution in [0.25, 0.3) is 5.65 Å². The van der Waals surface area contributed by atoms with E-state index in [4.69, 9.17) is 10.5 Å². The van der Waals surface area contributed by atoms with Crippen molar-refractivity contribution in [1.82, 2.24) is 24.9 Å². The molecule has 2 unspecified atom stereocenters. The van der Waals surface area contributed by atoms with Gasteiger partial charge in [-0.3, -0.25) is 0 Å². The van der Waals surface area contributed by atoms with Crippen LogP contribution in [0.2, 0.25) is 0 Å². The number of imidazole rings is 1. The second kappa shape index (κ2) is 7.76. The number of unbranched alkanes of at least 4 members (excludes halogenated alkanes) is 1. The summed E-state index contributed by atoms with van der Waals surface area (Å²) in [5, 5.41) is 18.6. The first-order chi connectivity index (χ1) is 11.7. The molecule has 0 aromatic carbocycles. The molecule has 1 aliphatic heterocycles. The van der Waals surface area contributed by atoms with Crippen LogP contribution in [0.5, 0.6) is 6.01 Å². The molecule has 8 nitrogen and oxygen atoms in total. The summed E-state index contributed by atoms with van der Waals surface area (Å²) in [6.45, 7) is 4.55. The van der Waals surface area contributed by atoms with Crippen molar-refractivity contribution in [2.24, 2.45) is 5.92 Å². The van der Waals surface area contributed by atoms with Crippen molar-refractivity contribution in [3.05, 3.63) is 11.9 Å². The summed E-state index contributed by atoms with van der Waals surface area (Å²) in [6, 6.07) is 0.224. The molecular formula is C16H26N6O2. The van der Waals surface area contributed by atoms with Crippen molar-refractivity contribution in [3.63, 3.8) is 0 Å². The first-order valence-electron chi connectivity index (χ1n) is 8.73. The van der Waals surface area contributed by atoms with Crippen LogP contribution in [0.3, 0.4) is 0 Å². The Morgan fingerprint density at radius 1 is 1.46 bits per heavy atom. The van der Waals surface area contributed by atoms with Crippen LogP contribution in [0.4, 0.5) is 5.82 Å². The van der Waals surface area contributed by atoms with Gasteiger partial charge in [0.1, 0.15) is 6.10 Å². The van der Waals surface area contributed by atoms with E-state index in [1.165, 1.54) is 0 Å². The van der Waals surface area contributed by atoms with E-state index in [-0.39, 0.29) is 17.7 Å². The van der Waals surface area contributed by atoms with Crippen LogP contribution in [-0.2, 0) is 0 Å². The summed E-state index contributed by atoms with van der Waals surface area (Å²) in [4.78, 5) is 8.42. The van der Waals surface area contributed by atoms with Gasteiger partial charge in [-0.2, -0.15) is 4.98 Å². The summed E-state index contributed by atoms with van der Waals surface area (Å²) in [7, 11) is 0. The van der Waals surface area contributed by atoms with E-state index in [9.17, 15) is 5.11 Å². The molecule has 2 aromatic heterocycles. The third-order valence-corrected chi connectivity index (χ3v) is 4.49. The van der Waals surface area contributed by atoms with Crippen LogP contribution in [0, 0.1) is 5.92 Å². The fourth-order valence-electron chi connectivity index (χ4n) is 3.07. The largest absolute Gasteiger partial charge is 0.462 e. The number of nitrogens with two attached hydrogens (primary N) is 1. The van der Waals surface area contributed by atoms with Gasteiger partial charge < -0.3 is 20.9 Å². The Hall–Kier alpha value is -1.93. The minimum atomic E-state index is -0.627. The molecule has 3 rings (SSSR count). The summed E-state index contributed by atoms with van der Waals surface area (Å²) in [5.41, 5.74) is 7.07. The van der Waals surface area contributed by atoms with E-state index in [2.05, 4.69) is 27.3 Å². The van der Waals surface area contributed by atoms with Crippen LogP contribution in [0.15, 0.2) is 6.20 Å². The average Bonchev–Trinajstić information content (AvgIpc) is 2.81. The number of ether oxygens (including phenoxy) is 1. The van der Waals surface area contributed by atoms with E-state index in [1.807, 2.05) is 0 Å². The number of anilines is 1. The molecule has 1 saturated heterocycles. The van der Waals surface area contributed by atoms with Crippen LogP contribution < -0.4 is 15.8 Å². The van der Waals surface area contributed by atoms with Gasteiger partial charge in [0.15, 0.2) is 11.5 Å². The number of nitrogens with one attached hydrogen (secondary N) is 1. The Balaban J connectivity index is 1.86. The smallest absolute Gasteiger partial charge is 0.336 e. The van der Waals surface area contributed by atoms with E-state index < -0.39 is 6.10 Å². The van der Waals surface area contributed by atoms with Crippen molar-refractivity contribution >= 4 is 11.5 Å². The number of hydrogen-bond donors (Lipinski definition) is 3. The highest BCUT2D eigenvalue weighted by Crippen LogP contribution is 2.30. The zero-order valence-electron chi connectivity index (χ0n) is 14.1. The molecular weight excluding hydrogens is 308 g/mol. The molecule has 1 fully saturated rings. The van der Waals surface area contributed by atoms with Gasteiger partial charge in [-0.1, -0.05) is 13.3 Å². The SMILES string of the molecule is CCCCOc1nc(N)c2ncc(C(O)C3CCCNCC3)n2n1. The maximum absolute atomic E-state index is 10.8. The van der Waals surface area contributed by atoms with Gasteiger partial charge in [0.25, 0.3) is 0 Å². The third kappa shape index (κ3) is 3.59.